The Balaban J connectivity index is 1.61. The predicted octanol–water partition coefficient (Wildman–Crippen LogP) is 2.79. The molecule has 0 spiro atoms. The van der Waals surface area contributed by atoms with Crippen molar-refractivity contribution in [3.8, 4) is 0 Å². The van der Waals surface area contributed by atoms with Gasteiger partial charge in [0.2, 0.25) is 11.8 Å². The zero-order valence-corrected chi connectivity index (χ0v) is 15.3. The minimum atomic E-state index is -4.44. The van der Waals surface area contributed by atoms with Crippen molar-refractivity contribution >= 4 is 11.8 Å². The lowest BCUT2D eigenvalue weighted by molar-refractivity contribution is -0.139. The fourth-order valence-corrected chi connectivity index (χ4v) is 3.24. The Bertz CT molecular complexity index is 863. The van der Waals surface area contributed by atoms with E-state index < -0.39 is 17.7 Å². The molecule has 2 amide bonds. The average Bonchev–Trinajstić information content (AvgIpc) is 3.06. The Labute approximate surface area is 160 Å². The second kappa shape index (κ2) is 8.04. The lowest BCUT2D eigenvalue weighted by atomic mass is 9.96. The van der Waals surface area contributed by atoms with Crippen molar-refractivity contribution < 1.29 is 22.8 Å². The van der Waals surface area contributed by atoms with Gasteiger partial charge < -0.3 is 10.2 Å². The number of benzene rings is 1. The minimum Gasteiger partial charge on any atom is -0.350 e. The second-order valence-electron chi connectivity index (χ2n) is 6.97. The van der Waals surface area contributed by atoms with Gasteiger partial charge in [-0.25, -0.2) is 0 Å². The van der Waals surface area contributed by atoms with Crippen molar-refractivity contribution in [1.29, 1.82) is 0 Å². The molecule has 2 aromatic rings. The number of carbonyl (C=O) groups excluding carboxylic acids is 2. The van der Waals surface area contributed by atoms with Crippen LogP contribution in [0.5, 0.6) is 0 Å². The number of aromatic nitrogens is 2. The van der Waals surface area contributed by atoms with Crippen LogP contribution in [0.1, 0.15) is 35.4 Å². The summed E-state index contributed by atoms with van der Waals surface area (Å²) in [5.41, 5.74) is 1.23. The van der Waals surface area contributed by atoms with Gasteiger partial charge in [-0.3, -0.25) is 14.7 Å². The molecule has 0 radical (unpaired) electrons. The highest BCUT2D eigenvalue weighted by atomic mass is 19.4. The van der Waals surface area contributed by atoms with Crippen molar-refractivity contribution in [2.75, 3.05) is 6.54 Å². The lowest BCUT2D eigenvalue weighted by Gasteiger charge is -2.32. The molecule has 1 aromatic heterocycles. The molecule has 0 unspecified atom stereocenters. The van der Waals surface area contributed by atoms with Gasteiger partial charge in [-0.2, -0.15) is 18.3 Å². The summed E-state index contributed by atoms with van der Waals surface area (Å²) in [5, 5.41) is 9.64. The topological polar surface area (TPSA) is 78.1 Å². The third-order valence-electron chi connectivity index (χ3n) is 4.70. The van der Waals surface area contributed by atoms with Gasteiger partial charge in [-0.15, -0.1) is 0 Å². The number of rotatable bonds is 5. The highest BCUT2D eigenvalue weighted by Crippen LogP contribution is 2.30. The number of aryl methyl sites for hydroxylation is 1. The quantitative estimate of drug-likeness (QED) is 0.819. The molecule has 0 aliphatic carbocycles. The standard InChI is InChI=1S/C19H21F3N4O2/c1-12-7-16(25-24-12)9-23-18(28)14-5-6-17(27)26(11-14)10-13-3-2-4-15(8-13)19(20,21)22/h2-4,7-8,14H,5-6,9-11H2,1H3,(H,23,28)(H,24,25)/t14-/m0/s1. The molecule has 3 rings (SSSR count). The SMILES string of the molecule is Cc1cc(CNC(=O)[C@H]2CCC(=O)N(Cc3cccc(C(F)(F)F)c3)C2)n[nH]1. The van der Waals surface area contributed by atoms with Gasteiger partial charge in [-0.05, 0) is 37.1 Å². The number of carbonyl (C=O) groups is 2. The van der Waals surface area contributed by atoms with E-state index >= 15 is 0 Å². The molecule has 6 nitrogen and oxygen atoms in total. The van der Waals surface area contributed by atoms with Crippen LogP contribution in [0.15, 0.2) is 30.3 Å². The van der Waals surface area contributed by atoms with E-state index in [9.17, 15) is 22.8 Å². The van der Waals surface area contributed by atoms with Crippen molar-refractivity contribution in [3.63, 3.8) is 0 Å². The van der Waals surface area contributed by atoms with Gasteiger partial charge in [0.05, 0.1) is 23.7 Å². The molecule has 0 bridgehead atoms. The van der Waals surface area contributed by atoms with E-state index in [1.807, 2.05) is 13.0 Å². The number of alkyl halides is 3. The van der Waals surface area contributed by atoms with Crippen LogP contribution in [-0.4, -0.2) is 33.5 Å². The van der Waals surface area contributed by atoms with Crippen molar-refractivity contribution in [3.05, 3.63) is 52.8 Å². The summed E-state index contributed by atoms with van der Waals surface area (Å²) in [4.78, 5) is 26.1. The Morgan fingerprint density at radius 3 is 2.82 bits per heavy atom. The molecular formula is C19H21F3N4O2. The van der Waals surface area contributed by atoms with Crippen LogP contribution in [0.25, 0.3) is 0 Å². The van der Waals surface area contributed by atoms with Crippen LogP contribution in [0.2, 0.25) is 0 Å². The van der Waals surface area contributed by atoms with Gasteiger partial charge >= 0.3 is 6.18 Å². The van der Waals surface area contributed by atoms with Crippen LogP contribution in [0.4, 0.5) is 13.2 Å². The first-order chi connectivity index (χ1) is 13.2. The summed E-state index contributed by atoms with van der Waals surface area (Å²) in [7, 11) is 0. The number of hydrogen-bond donors (Lipinski definition) is 2. The fraction of sp³-hybridized carbons (Fsp3) is 0.421. The van der Waals surface area contributed by atoms with Crippen molar-refractivity contribution in [1.82, 2.24) is 20.4 Å². The first-order valence-corrected chi connectivity index (χ1v) is 8.95. The third-order valence-corrected chi connectivity index (χ3v) is 4.70. The Hall–Kier alpha value is -2.84. The molecule has 1 aliphatic heterocycles. The Kier molecular flexibility index (Phi) is 5.71. The number of nitrogens with one attached hydrogen (secondary N) is 2. The molecule has 1 aliphatic rings. The smallest absolute Gasteiger partial charge is 0.350 e. The summed E-state index contributed by atoms with van der Waals surface area (Å²) >= 11 is 0. The van der Waals surface area contributed by atoms with E-state index in [0.717, 1.165) is 17.8 Å². The number of halogens is 3. The van der Waals surface area contributed by atoms with Gasteiger partial charge in [0.15, 0.2) is 0 Å². The summed E-state index contributed by atoms with van der Waals surface area (Å²) in [6.45, 7) is 2.36. The zero-order valence-electron chi connectivity index (χ0n) is 15.3. The monoisotopic (exact) mass is 394 g/mol. The molecule has 2 heterocycles. The van der Waals surface area contributed by atoms with E-state index in [4.69, 9.17) is 0 Å². The van der Waals surface area contributed by atoms with E-state index in [0.29, 0.717) is 17.7 Å². The molecule has 1 atom stereocenters. The maximum Gasteiger partial charge on any atom is 0.416 e. The molecule has 150 valence electrons. The van der Waals surface area contributed by atoms with Gasteiger partial charge in [-0.1, -0.05) is 12.1 Å². The highest BCUT2D eigenvalue weighted by molar-refractivity contribution is 5.83. The number of hydrogen-bond acceptors (Lipinski definition) is 3. The molecule has 1 fully saturated rings. The van der Waals surface area contributed by atoms with Crippen LogP contribution >= 0.6 is 0 Å². The normalized spacial score (nSPS) is 17.6. The van der Waals surface area contributed by atoms with Crippen molar-refractivity contribution in [2.24, 2.45) is 5.92 Å². The summed E-state index contributed by atoms with van der Waals surface area (Å²) < 4.78 is 38.6. The zero-order chi connectivity index (χ0) is 20.3. The molecule has 1 saturated heterocycles. The molecule has 0 saturated carbocycles. The number of H-pyrrole nitrogens is 1. The number of amides is 2. The van der Waals surface area contributed by atoms with Gasteiger partial charge in [0.1, 0.15) is 0 Å². The Morgan fingerprint density at radius 2 is 2.14 bits per heavy atom. The first-order valence-electron chi connectivity index (χ1n) is 8.95. The van der Waals surface area contributed by atoms with E-state index in [-0.39, 0.29) is 37.9 Å². The molecule has 1 aromatic carbocycles. The van der Waals surface area contributed by atoms with Crippen LogP contribution < -0.4 is 5.32 Å². The number of likely N-dealkylation sites (tertiary alicyclic amines) is 1. The molecule has 9 heteroatoms. The largest absolute Gasteiger partial charge is 0.416 e. The Morgan fingerprint density at radius 1 is 1.36 bits per heavy atom. The molecular weight excluding hydrogens is 373 g/mol. The molecule has 2 N–H and O–H groups in total. The molecule has 28 heavy (non-hydrogen) atoms. The van der Waals surface area contributed by atoms with E-state index in [1.165, 1.54) is 11.0 Å². The highest BCUT2D eigenvalue weighted by Gasteiger charge is 2.32. The number of nitrogens with zero attached hydrogens (tertiary/aromatic N) is 2. The van der Waals surface area contributed by atoms with Crippen LogP contribution in [0, 0.1) is 12.8 Å². The maximum atomic E-state index is 12.9. The summed E-state index contributed by atoms with van der Waals surface area (Å²) in [6.07, 6.45) is -3.82. The van der Waals surface area contributed by atoms with Gasteiger partial charge in [0, 0.05) is 25.2 Å². The van der Waals surface area contributed by atoms with E-state index in [1.54, 1.807) is 6.07 Å². The lowest BCUT2D eigenvalue weighted by Crippen LogP contribution is -2.45. The first kappa shape index (κ1) is 19.9. The fourth-order valence-electron chi connectivity index (χ4n) is 3.24. The van der Waals surface area contributed by atoms with Crippen LogP contribution in [0.3, 0.4) is 0 Å². The average molecular weight is 394 g/mol. The third kappa shape index (κ3) is 4.90. The number of aromatic amines is 1. The minimum absolute atomic E-state index is 0.0467. The van der Waals surface area contributed by atoms with Crippen LogP contribution in [-0.2, 0) is 28.9 Å². The maximum absolute atomic E-state index is 12.9. The second-order valence-corrected chi connectivity index (χ2v) is 6.97. The summed E-state index contributed by atoms with van der Waals surface area (Å²) in [6, 6.07) is 6.73. The van der Waals surface area contributed by atoms with E-state index in [2.05, 4.69) is 15.5 Å². The van der Waals surface area contributed by atoms with Crippen molar-refractivity contribution in [2.45, 2.75) is 39.0 Å². The predicted molar refractivity (Wildman–Crippen MR) is 94.8 cm³/mol. The summed E-state index contributed by atoms with van der Waals surface area (Å²) in [5.74, 6) is -0.755. The number of piperidine rings is 1. The van der Waals surface area contributed by atoms with Gasteiger partial charge in [0.25, 0.3) is 0 Å².